The molecule has 0 spiro atoms. The van der Waals surface area contributed by atoms with Crippen molar-refractivity contribution in [1.29, 1.82) is 0 Å². The Kier molecular flexibility index (Phi) is 5.30. The van der Waals surface area contributed by atoms with Gasteiger partial charge in [-0.05, 0) is 31.2 Å². The zero-order valence-electron chi connectivity index (χ0n) is 16.6. The lowest BCUT2D eigenvalue weighted by Crippen LogP contribution is -2.50. The molecule has 0 aliphatic carbocycles. The highest BCUT2D eigenvalue weighted by molar-refractivity contribution is 7.89. The third-order valence-electron chi connectivity index (χ3n) is 5.43. The summed E-state index contributed by atoms with van der Waals surface area (Å²) in [6, 6.07) is 11.1. The van der Waals surface area contributed by atoms with Gasteiger partial charge in [0.15, 0.2) is 0 Å². The molecule has 0 atom stereocenters. The number of alkyl halides is 3. The van der Waals surface area contributed by atoms with Crippen LogP contribution in [0.2, 0.25) is 0 Å². The molecule has 1 fully saturated rings. The molecule has 1 amide bonds. The number of nitrogens with zero attached hydrogens (tertiary/aromatic N) is 2. The zero-order chi connectivity index (χ0) is 22.4. The monoisotopic (exact) mass is 451 g/mol. The third kappa shape index (κ3) is 3.92. The average Bonchev–Trinajstić information content (AvgIpc) is 3.08. The number of nitrogens with one attached hydrogen (secondary N) is 1. The van der Waals surface area contributed by atoms with Crippen molar-refractivity contribution in [3.05, 3.63) is 65.4 Å². The van der Waals surface area contributed by atoms with Crippen LogP contribution < -0.4 is 0 Å². The summed E-state index contributed by atoms with van der Waals surface area (Å²) in [6.07, 6.45) is -4.63. The van der Waals surface area contributed by atoms with E-state index >= 15 is 0 Å². The molecule has 6 nitrogen and oxygen atoms in total. The Morgan fingerprint density at radius 1 is 1.00 bits per heavy atom. The number of aromatic amines is 1. The molecule has 31 heavy (non-hydrogen) atoms. The molecule has 1 saturated heterocycles. The second kappa shape index (κ2) is 7.69. The number of carbonyl (C=O) groups is 1. The second-order valence-corrected chi connectivity index (χ2v) is 9.33. The Morgan fingerprint density at radius 2 is 1.68 bits per heavy atom. The molecule has 2 aromatic carbocycles. The van der Waals surface area contributed by atoms with Gasteiger partial charge in [0.1, 0.15) is 0 Å². The van der Waals surface area contributed by atoms with E-state index in [-0.39, 0.29) is 32.1 Å². The minimum absolute atomic E-state index is 0.00568. The van der Waals surface area contributed by atoms with E-state index in [4.69, 9.17) is 0 Å². The minimum Gasteiger partial charge on any atom is -0.358 e. The van der Waals surface area contributed by atoms with Crippen LogP contribution in [0.25, 0.3) is 10.9 Å². The van der Waals surface area contributed by atoms with Crippen LogP contribution in [0.5, 0.6) is 0 Å². The van der Waals surface area contributed by atoms with Gasteiger partial charge in [-0.3, -0.25) is 4.79 Å². The average molecular weight is 451 g/mol. The van der Waals surface area contributed by atoms with Gasteiger partial charge in [-0.1, -0.05) is 24.3 Å². The molecule has 0 saturated carbocycles. The smallest absolute Gasteiger partial charge is 0.358 e. The molecule has 0 unspecified atom stereocenters. The summed E-state index contributed by atoms with van der Waals surface area (Å²) >= 11 is 0. The molecule has 1 aliphatic heterocycles. The summed E-state index contributed by atoms with van der Waals surface area (Å²) in [7, 11) is -4.10. The number of rotatable bonds is 3. The van der Waals surface area contributed by atoms with Gasteiger partial charge in [0.2, 0.25) is 10.0 Å². The van der Waals surface area contributed by atoms with Gasteiger partial charge in [-0.15, -0.1) is 0 Å². The van der Waals surface area contributed by atoms with Crippen LogP contribution >= 0.6 is 0 Å². The van der Waals surface area contributed by atoms with Gasteiger partial charge in [0.25, 0.3) is 5.91 Å². The molecular formula is C21H20F3N3O3S. The standard InChI is InChI=1S/C21H20F3N3O3S/c1-14-19(17-7-2-3-8-18(17)25-14)20(28)26-9-11-27(12-10-26)31(29,30)16-6-4-5-15(13-16)21(22,23)24/h2-8,13,25H,9-12H2,1H3. The van der Waals surface area contributed by atoms with Crippen molar-refractivity contribution in [1.82, 2.24) is 14.2 Å². The van der Waals surface area contributed by atoms with Crippen LogP contribution in [0.1, 0.15) is 21.6 Å². The maximum absolute atomic E-state index is 13.1. The Morgan fingerprint density at radius 3 is 2.35 bits per heavy atom. The fraction of sp³-hybridized carbons (Fsp3) is 0.286. The molecule has 3 aromatic rings. The van der Waals surface area contributed by atoms with Crippen LogP contribution in [0, 0.1) is 6.92 Å². The normalized spacial score (nSPS) is 16.1. The number of hydrogen-bond acceptors (Lipinski definition) is 3. The summed E-state index contributed by atoms with van der Waals surface area (Å²) in [5.74, 6) is -0.203. The zero-order valence-corrected chi connectivity index (χ0v) is 17.4. The molecule has 0 radical (unpaired) electrons. The molecule has 4 rings (SSSR count). The summed E-state index contributed by atoms with van der Waals surface area (Å²) in [4.78, 5) is 17.4. The molecular weight excluding hydrogens is 431 g/mol. The first-order valence-corrected chi connectivity index (χ1v) is 11.1. The van der Waals surface area contributed by atoms with Crippen molar-refractivity contribution in [3.8, 4) is 0 Å². The van der Waals surface area contributed by atoms with E-state index in [9.17, 15) is 26.4 Å². The van der Waals surface area contributed by atoms with Crippen molar-refractivity contribution in [2.24, 2.45) is 0 Å². The van der Waals surface area contributed by atoms with Gasteiger partial charge < -0.3 is 9.88 Å². The van der Waals surface area contributed by atoms with Crippen LogP contribution in [-0.4, -0.2) is 54.7 Å². The number of benzene rings is 2. The van der Waals surface area contributed by atoms with E-state index in [0.717, 1.165) is 39.1 Å². The number of sulfonamides is 1. The molecule has 1 N–H and O–H groups in total. The Hall–Kier alpha value is -2.85. The largest absolute Gasteiger partial charge is 0.416 e. The van der Waals surface area contributed by atoms with Crippen molar-refractivity contribution in [3.63, 3.8) is 0 Å². The van der Waals surface area contributed by atoms with E-state index in [1.165, 1.54) is 0 Å². The van der Waals surface area contributed by atoms with E-state index in [1.54, 1.807) is 4.90 Å². The van der Waals surface area contributed by atoms with E-state index < -0.39 is 26.7 Å². The SMILES string of the molecule is Cc1[nH]c2ccccc2c1C(=O)N1CCN(S(=O)(=O)c2cccc(C(F)(F)F)c2)CC1. The number of amides is 1. The predicted octanol–water partition coefficient (Wildman–Crippen LogP) is 3.64. The lowest BCUT2D eigenvalue weighted by atomic mass is 10.1. The fourth-order valence-corrected chi connectivity index (χ4v) is 5.29. The van der Waals surface area contributed by atoms with Crippen molar-refractivity contribution < 1.29 is 26.4 Å². The first-order valence-electron chi connectivity index (χ1n) is 9.63. The maximum atomic E-state index is 13.1. The number of hydrogen-bond donors (Lipinski definition) is 1. The van der Waals surface area contributed by atoms with Crippen molar-refractivity contribution in [2.75, 3.05) is 26.2 Å². The molecule has 10 heteroatoms. The van der Waals surface area contributed by atoms with Crippen LogP contribution in [0.15, 0.2) is 53.4 Å². The second-order valence-electron chi connectivity index (χ2n) is 7.39. The van der Waals surface area contributed by atoms with Crippen molar-refractivity contribution in [2.45, 2.75) is 18.0 Å². The van der Waals surface area contributed by atoms with Gasteiger partial charge in [0, 0.05) is 42.8 Å². The van der Waals surface area contributed by atoms with Gasteiger partial charge in [-0.2, -0.15) is 17.5 Å². The molecule has 2 heterocycles. The third-order valence-corrected chi connectivity index (χ3v) is 7.33. The number of aryl methyl sites for hydroxylation is 1. The van der Waals surface area contributed by atoms with Gasteiger partial charge >= 0.3 is 6.18 Å². The van der Waals surface area contributed by atoms with E-state index in [2.05, 4.69) is 4.98 Å². The Balaban J connectivity index is 1.52. The summed E-state index contributed by atoms with van der Waals surface area (Å²) in [5, 5.41) is 0.795. The Labute approximate surface area is 177 Å². The maximum Gasteiger partial charge on any atom is 0.416 e. The number of para-hydroxylation sites is 1. The number of H-pyrrole nitrogens is 1. The Bertz CT molecular complexity index is 1240. The molecule has 164 valence electrons. The first-order chi connectivity index (χ1) is 14.6. The predicted molar refractivity (Wildman–Crippen MR) is 109 cm³/mol. The number of fused-ring (bicyclic) bond motifs is 1. The van der Waals surface area contributed by atoms with E-state index in [1.807, 2.05) is 31.2 Å². The summed E-state index contributed by atoms with van der Waals surface area (Å²) in [6.45, 7) is 2.12. The summed E-state index contributed by atoms with van der Waals surface area (Å²) < 4.78 is 65.7. The van der Waals surface area contributed by atoms with E-state index in [0.29, 0.717) is 11.6 Å². The lowest BCUT2D eigenvalue weighted by Gasteiger charge is -2.34. The van der Waals surface area contributed by atoms with Crippen LogP contribution in [0.3, 0.4) is 0 Å². The summed E-state index contributed by atoms with van der Waals surface area (Å²) in [5.41, 5.74) is 1.10. The molecule has 0 bridgehead atoms. The van der Waals surface area contributed by atoms with Crippen LogP contribution in [0.4, 0.5) is 13.2 Å². The topological polar surface area (TPSA) is 73.5 Å². The minimum atomic E-state index is -4.63. The van der Waals surface area contributed by atoms with Gasteiger partial charge in [0.05, 0.1) is 16.0 Å². The number of halogens is 3. The number of carbonyl (C=O) groups excluding carboxylic acids is 1. The first kappa shape index (κ1) is 21.4. The highest BCUT2D eigenvalue weighted by atomic mass is 32.2. The highest BCUT2D eigenvalue weighted by Crippen LogP contribution is 2.31. The lowest BCUT2D eigenvalue weighted by molar-refractivity contribution is -0.137. The van der Waals surface area contributed by atoms with Crippen LogP contribution in [-0.2, 0) is 16.2 Å². The van der Waals surface area contributed by atoms with Gasteiger partial charge in [-0.25, -0.2) is 8.42 Å². The molecule has 1 aromatic heterocycles. The number of aromatic nitrogens is 1. The molecule has 1 aliphatic rings. The quantitative estimate of drug-likeness (QED) is 0.661. The van der Waals surface area contributed by atoms with Crippen molar-refractivity contribution >= 4 is 26.8 Å². The number of piperazine rings is 1. The fourth-order valence-electron chi connectivity index (χ4n) is 3.82. The highest BCUT2D eigenvalue weighted by Gasteiger charge is 2.35.